The zero-order valence-electron chi connectivity index (χ0n) is 19.0. The second-order valence-corrected chi connectivity index (χ2v) is 8.39. The molecule has 0 aliphatic carbocycles. The number of carbonyl (C=O) groups excluding carboxylic acids is 2. The molecule has 0 spiro atoms. The van der Waals surface area contributed by atoms with Crippen LogP contribution in [0.1, 0.15) is 40.1 Å². The standard InChI is InChI=1S/C28H25NO4.ClH/c1-28(2,18-29)23-15-9-14-22-21(23)16-17-24(32-26(30)19-10-5-3-6-11-19)25(22)33-27(31)20-12-7-4-8-13-20;/h3-17H,18,29H2,1-2H3;1H. The summed E-state index contributed by atoms with van der Waals surface area (Å²) in [5, 5.41) is 1.54. The van der Waals surface area contributed by atoms with E-state index in [1.54, 1.807) is 54.6 Å². The SMILES string of the molecule is CC(C)(CN)c1cccc2c(OC(=O)c3ccccc3)c(OC(=O)c3ccccc3)ccc12.Cl. The highest BCUT2D eigenvalue weighted by Crippen LogP contribution is 2.40. The van der Waals surface area contributed by atoms with Crippen LogP contribution in [0.25, 0.3) is 10.8 Å². The fraction of sp³-hybridized carbons (Fsp3) is 0.143. The molecule has 5 nitrogen and oxygen atoms in total. The van der Waals surface area contributed by atoms with Gasteiger partial charge in [-0.05, 0) is 41.3 Å². The summed E-state index contributed by atoms with van der Waals surface area (Å²) in [6.45, 7) is 4.55. The van der Waals surface area contributed by atoms with Gasteiger partial charge in [-0.15, -0.1) is 12.4 Å². The van der Waals surface area contributed by atoms with Crippen LogP contribution < -0.4 is 15.2 Å². The lowest BCUT2D eigenvalue weighted by Gasteiger charge is -2.25. The van der Waals surface area contributed by atoms with Gasteiger partial charge >= 0.3 is 11.9 Å². The molecule has 0 saturated carbocycles. The molecule has 4 aromatic carbocycles. The lowest BCUT2D eigenvalue weighted by Crippen LogP contribution is -2.28. The number of benzene rings is 4. The molecule has 4 rings (SSSR count). The first-order valence-corrected chi connectivity index (χ1v) is 10.7. The maximum Gasteiger partial charge on any atom is 0.343 e. The second kappa shape index (κ2) is 10.5. The summed E-state index contributed by atoms with van der Waals surface area (Å²) in [6, 6.07) is 26.6. The van der Waals surface area contributed by atoms with Crippen molar-refractivity contribution in [2.75, 3.05) is 6.54 Å². The van der Waals surface area contributed by atoms with Gasteiger partial charge in [0.25, 0.3) is 0 Å². The number of fused-ring (bicyclic) bond motifs is 1. The van der Waals surface area contributed by atoms with Gasteiger partial charge in [0, 0.05) is 17.3 Å². The van der Waals surface area contributed by atoms with Gasteiger partial charge in [-0.2, -0.15) is 0 Å². The molecule has 0 bridgehead atoms. The van der Waals surface area contributed by atoms with Crippen molar-refractivity contribution in [3.63, 3.8) is 0 Å². The van der Waals surface area contributed by atoms with Crippen molar-refractivity contribution >= 4 is 35.1 Å². The van der Waals surface area contributed by atoms with Crippen molar-refractivity contribution in [3.05, 3.63) is 108 Å². The fourth-order valence-electron chi connectivity index (χ4n) is 3.65. The number of ether oxygens (including phenoxy) is 2. The third-order valence-electron chi connectivity index (χ3n) is 5.63. The van der Waals surface area contributed by atoms with E-state index in [1.165, 1.54) is 0 Å². The van der Waals surface area contributed by atoms with Crippen LogP contribution in [0.5, 0.6) is 11.5 Å². The highest BCUT2D eigenvalue weighted by molar-refractivity contribution is 6.00. The van der Waals surface area contributed by atoms with E-state index in [1.807, 2.05) is 36.4 Å². The van der Waals surface area contributed by atoms with Crippen LogP contribution in [-0.4, -0.2) is 18.5 Å². The first-order valence-electron chi connectivity index (χ1n) is 10.7. The summed E-state index contributed by atoms with van der Waals surface area (Å²) in [5.74, 6) is -0.711. The average Bonchev–Trinajstić information content (AvgIpc) is 2.85. The van der Waals surface area contributed by atoms with E-state index in [4.69, 9.17) is 15.2 Å². The lowest BCUT2D eigenvalue weighted by molar-refractivity contribution is 0.0684. The molecule has 0 atom stereocenters. The van der Waals surface area contributed by atoms with Gasteiger partial charge in [-0.25, -0.2) is 9.59 Å². The molecule has 0 aromatic heterocycles. The first-order chi connectivity index (χ1) is 15.9. The molecule has 0 unspecified atom stereocenters. The number of rotatable bonds is 6. The third-order valence-corrected chi connectivity index (χ3v) is 5.63. The summed E-state index contributed by atoms with van der Waals surface area (Å²) in [7, 11) is 0. The molecule has 2 N–H and O–H groups in total. The van der Waals surface area contributed by atoms with Gasteiger partial charge < -0.3 is 15.2 Å². The van der Waals surface area contributed by atoms with Crippen LogP contribution in [0.4, 0.5) is 0 Å². The Kier molecular flexibility index (Phi) is 7.72. The topological polar surface area (TPSA) is 78.6 Å². The van der Waals surface area contributed by atoms with Crippen molar-refractivity contribution in [2.24, 2.45) is 5.73 Å². The summed E-state index contributed by atoms with van der Waals surface area (Å²) in [6.07, 6.45) is 0. The van der Waals surface area contributed by atoms with Crippen LogP contribution in [0.3, 0.4) is 0 Å². The number of halogens is 1. The number of hydrogen-bond donors (Lipinski definition) is 1. The Morgan fingerprint density at radius 3 is 1.82 bits per heavy atom. The summed E-state index contributed by atoms with van der Waals surface area (Å²) < 4.78 is 11.5. The number of hydrogen-bond acceptors (Lipinski definition) is 5. The Morgan fingerprint density at radius 2 is 1.26 bits per heavy atom. The summed E-state index contributed by atoms with van der Waals surface area (Å²) in [4.78, 5) is 25.7. The molecular weight excluding hydrogens is 450 g/mol. The second-order valence-electron chi connectivity index (χ2n) is 8.39. The minimum atomic E-state index is -0.538. The zero-order chi connectivity index (χ0) is 23.4. The minimum absolute atomic E-state index is 0. The van der Waals surface area contributed by atoms with Gasteiger partial charge in [0.15, 0.2) is 11.5 Å². The highest BCUT2D eigenvalue weighted by Gasteiger charge is 2.25. The van der Waals surface area contributed by atoms with E-state index >= 15 is 0 Å². The maximum absolute atomic E-state index is 12.9. The first kappa shape index (κ1) is 25.0. The van der Waals surface area contributed by atoms with Crippen LogP contribution in [0.2, 0.25) is 0 Å². The minimum Gasteiger partial charge on any atom is -0.419 e. The molecule has 4 aromatic rings. The van der Waals surface area contributed by atoms with Gasteiger partial charge in [0.1, 0.15) is 0 Å². The quantitative estimate of drug-likeness (QED) is 0.276. The van der Waals surface area contributed by atoms with E-state index in [0.29, 0.717) is 23.1 Å². The largest absolute Gasteiger partial charge is 0.419 e. The molecule has 0 saturated heterocycles. The molecule has 6 heteroatoms. The average molecular weight is 476 g/mol. The molecule has 34 heavy (non-hydrogen) atoms. The van der Waals surface area contributed by atoms with Crippen molar-refractivity contribution in [2.45, 2.75) is 19.3 Å². The molecule has 0 aliphatic rings. The van der Waals surface area contributed by atoms with Gasteiger partial charge in [0.05, 0.1) is 11.1 Å². The van der Waals surface area contributed by atoms with E-state index in [9.17, 15) is 9.59 Å². The Morgan fingerprint density at radius 1 is 0.706 bits per heavy atom. The number of carbonyl (C=O) groups is 2. The molecule has 0 radical (unpaired) electrons. The maximum atomic E-state index is 12.9. The van der Waals surface area contributed by atoms with Gasteiger partial charge in [-0.3, -0.25) is 0 Å². The van der Waals surface area contributed by atoms with Crippen molar-refractivity contribution in [3.8, 4) is 11.5 Å². The third kappa shape index (κ3) is 5.11. The number of esters is 2. The van der Waals surface area contributed by atoms with Crippen LogP contribution in [0, 0.1) is 0 Å². The predicted octanol–water partition coefficient (Wildman–Crippen LogP) is 5.94. The van der Waals surface area contributed by atoms with Crippen molar-refractivity contribution < 1.29 is 19.1 Å². The Bertz CT molecular complexity index is 1300. The lowest BCUT2D eigenvalue weighted by atomic mass is 9.82. The van der Waals surface area contributed by atoms with E-state index in [-0.39, 0.29) is 29.3 Å². The van der Waals surface area contributed by atoms with Crippen LogP contribution in [-0.2, 0) is 5.41 Å². The molecule has 174 valence electrons. The van der Waals surface area contributed by atoms with E-state index in [0.717, 1.165) is 10.9 Å². The summed E-state index contributed by atoms with van der Waals surface area (Å²) >= 11 is 0. The molecule has 0 heterocycles. The van der Waals surface area contributed by atoms with Gasteiger partial charge in [-0.1, -0.05) is 74.5 Å². The highest BCUT2D eigenvalue weighted by atomic mass is 35.5. The van der Waals surface area contributed by atoms with Crippen LogP contribution >= 0.6 is 12.4 Å². The molecule has 0 fully saturated rings. The molecule has 0 aliphatic heterocycles. The molecule has 0 amide bonds. The number of nitrogens with two attached hydrogens (primary N) is 1. The normalized spacial score (nSPS) is 10.9. The monoisotopic (exact) mass is 475 g/mol. The Balaban J connectivity index is 0.00000324. The van der Waals surface area contributed by atoms with E-state index < -0.39 is 11.9 Å². The Hall–Kier alpha value is -3.67. The summed E-state index contributed by atoms with van der Waals surface area (Å²) in [5.41, 5.74) is 7.54. The Labute approximate surface area is 204 Å². The smallest absolute Gasteiger partial charge is 0.343 e. The zero-order valence-corrected chi connectivity index (χ0v) is 19.8. The molecular formula is C28H26ClNO4. The fourth-order valence-corrected chi connectivity index (χ4v) is 3.65. The van der Waals surface area contributed by atoms with Crippen molar-refractivity contribution in [1.82, 2.24) is 0 Å². The predicted molar refractivity (Wildman–Crippen MR) is 136 cm³/mol. The van der Waals surface area contributed by atoms with Gasteiger partial charge in [0.2, 0.25) is 0 Å². The van der Waals surface area contributed by atoms with Crippen molar-refractivity contribution in [1.29, 1.82) is 0 Å². The van der Waals surface area contributed by atoms with E-state index in [2.05, 4.69) is 13.8 Å². The van der Waals surface area contributed by atoms with Crippen LogP contribution in [0.15, 0.2) is 91.0 Å².